The van der Waals surface area contributed by atoms with Gasteiger partial charge in [-0.3, -0.25) is 9.59 Å². The van der Waals surface area contributed by atoms with E-state index in [1.54, 1.807) is 18.2 Å². The van der Waals surface area contributed by atoms with Gasteiger partial charge in [0.25, 0.3) is 0 Å². The van der Waals surface area contributed by atoms with Crippen molar-refractivity contribution in [3.05, 3.63) is 106 Å². The van der Waals surface area contributed by atoms with Gasteiger partial charge in [-0.2, -0.15) is 0 Å². The highest BCUT2D eigenvalue weighted by Gasteiger charge is 2.21. The monoisotopic (exact) mass is 564 g/mol. The zero-order chi connectivity index (χ0) is 29.6. The van der Waals surface area contributed by atoms with Crippen LogP contribution in [-0.2, 0) is 6.42 Å². The van der Waals surface area contributed by atoms with E-state index in [4.69, 9.17) is 13.9 Å². The molecule has 0 radical (unpaired) electrons. The lowest BCUT2D eigenvalue weighted by molar-refractivity contribution is 0.101. The van der Waals surface area contributed by atoms with E-state index in [1.807, 2.05) is 67.6 Å². The third kappa shape index (κ3) is 5.86. The molecule has 42 heavy (non-hydrogen) atoms. The van der Waals surface area contributed by atoms with Crippen LogP contribution in [0, 0.1) is 0 Å². The Bertz CT molecular complexity index is 1770. The van der Waals surface area contributed by atoms with Crippen LogP contribution in [0.3, 0.4) is 0 Å². The van der Waals surface area contributed by atoms with Gasteiger partial charge in [0.15, 0.2) is 5.78 Å². The Hall–Kier alpha value is -5.04. The molecule has 4 aromatic carbocycles. The van der Waals surface area contributed by atoms with E-state index in [0.717, 1.165) is 12.0 Å². The first-order valence-electron chi connectivity index (χ1n) is 13.9. The maximum atomic E-state index is 13.7. The molecule has 0 aliphatic heterocycles. The van der Waals surface area contributed by atoms with E-state index < -0.39 is 0 Å². The molecule has 0 amide bonds. The minimum absolute atomic E-state index is 0.0310. The summed E-state index contributed by atoms with van der Waals surface area (Å²) in [5.41, 5.74) is 2.59. The number of carbonyl (C=O) groups is 1. The lowest BCUT2D eigenvalue weighted by atomic mass is 9.98. The third-order valence-electron chi connectivity index (χ3n) is 6.98. The predicted octanol–water partition coefficient (Wildman–Crippen LogP) is 7.54. The van der Waals surface area contributed by atoms with Crippen LogP contribution in [0.1, 0.15) is 42.6 Å². The molecule has 0 aliphatic rings. The number of phenols is 2. The Morgan fingerprint density at radius 2 is 1.52 bits per heavy atom. The SMILES string of the molecule is CCCc1c(OCCCOc2cc(O)c3c(=O)c(-c4ccccc4)c(-c4ccccc4)oc3c2)ccc(C(C)=O)c1O. The fourth-order valence-electron chi connectivity index (χ4n) is 4.98. The van der Waals surface area contributed by atoms with Crippen LogP contribution in [0.2, 0.25) is 0 Å². The van der Waals surface area contributed by atoms with Crippen molar-refractivity contribution in [2.75, 3.05) is 13.2 Å². The number of rotatable bonds is 11. The standard InChI is InChI=1S/C35H32O7/c1-3-11-27-29(17-16-26(22(2)36)33(27)38)41-19-10-18-40-25-20-28(37)32-30(21-25)42-35(24-14-8-5-9-15-24)31(34(32)39)23-12-6-4-7-13-23/h4-9,12-17,20-21,37-38H,3,10-11,18-19H2,1-2H3. The van der Waals surface area contributed by atoms with Gasteiger partial charge in [0.05, 0.1) is 24.3 Å². The molecule has 7 nitrogen and oxygen atoms in total. The first-order chi connectivity index (χ1) is 20.4. The maximum Gasteiger partial charge on any atom is 0.204 e. The van der Waals surface area contributed by atoms with Crippen molar-refractivity contribution in [3.63, 3.8) is 0 Å². The number of ether oxygens (including phenoxy) is 2. The predicted molar refractivity (Wildman–Crippen MR) is 163 cm³/mol. The maximum absolute atomic E-state index is 13.7. The van der Waals surface area contributed by atoms with Gasteiger partial charge in [-0.25, -0.2) is 0 Å². The van der Waals surface area contributed by atoms with Crippen molar-refractivity contribution >= 4 is 16.8 Å². The minimum atomic E-state index is -0.333. The summed E-state index contributed by atoms with van der Waals surface area (Å²) in [6, 6.07) is 24.9. The highest BCUT2D eigenvalue weighted by molar-refractivity contribution is 5.97. The molecule has 1 aromatic heterocycles. The summed E-state index contributed by atoms with van der Waals surface area (Å²) in [7, 11) is 0. The molecule has 0 saturated carbocycles. The lowest BCUT2D eigenvalue weighted by Gasteiger charge is -2.15. The molecular formula is C35H32O7. The Labute approximate surface area is 243 Å². The first kappa shape index (κ1) is 28.5. The van der Waals surface area contributed by atoms with Crippen LogP contribution < -0.4 is 14.9 Å². The van der Waals surface area contributed by atoms with Gasteiger partial charge in [0.1, 0.15) is 39.7 Å². The van der Waals surface area contributed by atoms with Gasteiger partial charge in [0.2, 0.25) is 5.43 Å². The van der Waals surface area contributed by atoms with Crippen LogP contribution in [0.4, 0.5) is 0 Å². The molecule has 214 valence electrons. The van der Waals surface area contributed by atoms with Gasteiger partial charge in [-0.1, -0.05) is 74.0 Å². The molecule has 0 saturated heterocycles. The number of benzene rings is 4. The van der Waals surface area contributed by atoms with E-state index in [-0.39, 0.29) is 45.9 Å². The first-order valence-corrected chi connectivity index (χ1v) is 13.9. The lowest BCUT2D eigenvalue weighted by Crippen LogP contribution is -2.09. The molecule has 0 aliphatic carbocycles. The van der Waals surface area contributed by atoms with Gasteiger partial charge in [-0.05, 0) is 31.0 Å². The van der Waals surface area contributed by atoms with Crippen LogP contribution in [-0.4, -0.2) is 29.2 Å². The Balaban J connectivity index is 1.36. The summed E-state index contributed by atoms with van der Waals surface area (Å²) < 4.78 is 18.1. The van der Waals surface area contributed by atoms with Crippen LogP contribution in [0.25, 0.3) is 33.4 Å². The van der Waals surface area contributed by atoms with Crippen LogP contribution >= 0.6 is 0 Å². The molecule has 1 heterocycles. The van der Waals surface area contributed by atoms with E-state index in [2.05, 4.69) is 0 Å². The van der Waals surface area contributed by atoms with Crippen molar-refractivity contribution in [1.82, 2.24) is 0 Å². The van der Waals surface area contributed by atoms with Crippen molar-refractivity contribution in [2.45, 2.75) is 33.1 Å². The summed E-state index contributed by atoms with van der Waals surface area (Å²) in [6.45, 7) is 3.99. The number of phenolic OH excluding ortho intramolecular Hbond substituents is 2. The van der Waals surface area contributed by atoms with Crippen molar-refractivity contribution in [2.24, 2.45) is 0 Å². The van der Waals surface area contributed by atoms with E-state index in [9.17, 15) is 19.8 Å². The van der Waals surface area contributed by atoms with Crippen LogP contribution in [0.5, 0.6) is 23.0 Å². The number of hydrogen-bond donors (Lipinski definition) is 2. The van der Waals surface area contributed by atoms with E-state index in [0.29, 0.717) is 53.4 Å². The minimum Gasteiger partial charge on any atom is -0.507 e. The normalized spacial score (nSPS) is 11.0. The second kappa shape index (κ2) is 12.6. The van der Waals surface area contributed by atoms with E-state index in [1.165, 1.54) is 13.0 Å². The molecule has 0 fully saturated rings. The number of hydrogen-bond acceptors (Lipinski definition) is 7. The number of fused-ring (bicyclic) bond motifs is 1. The summed E-state index contributed by atoms with van der Waals surface area (Å²) in [5, 5.41) is 21.5. The fourth-order valence-corrected chi connectivity index (χ4v) is 4.98. The molecule has 0 atom stereocenters. The zero-order valence-corrected chi connectivity index (χ0v) is 23.6. The average molecular weight is 565 g/mol. The molecule has 2 N–H and O–H groups in total. The Kier molecular flexibility index (Phi) is 8.58. The molecule has 0 unspecified atom stereocenters. The summed E-state index contributed by atoms with van der Waals surface area (Å²) in [5.74, 6) is 0.834. The van der Waals surface area contributed by atoms with E-state index >= 15 is 0 Å². The quantitative estimate of drug-likeness (QED) is 0.126. The Morgan fingerprint density at radius 3 is 2.19 bits per heavy atom. The summed E-state index contributed by atoms with van der Waals surface area (Å²) in [4.78, 5) is 25.5. The van der Waals surface area contributed by atoms with Crippen molar-refractivity contribution in [1.29, 1.82) is 0 Å². The molecule has 0 spiro atoms. The fraction of sp³-hybridized carbons (Fsp3) is 0.200. The number of ketones is 1. The topological polar surface area (TPSA) is 106 Å². The largest absolute Gasteiger partial charge is 0.507 e. The molecule has 5 aromatic rings. The van der Waals surface area contributed by atoms with Crippen LogP contribution in [0.15, 0.2) is 94.1 Å². The Morgan fingerprint density at radius 1 is 0.857 bits per heavy atom. The number of Topliss-reactive ketones (excluding diaryl/α,β-unsaturated/α-hetero) is 1. The van der Waals surface area contributed by atoms with Gasteiger partial charge in [-0.15, -0.1) is 0 Å². The highest BCUT2D eigenvalue weighted by Crippen LogP contribution is 2.37. The van der Waals surface area contributed by atoms with Gasteiger partial charge in [0, 0.05) is 29.7 Å². The average Bonchev–Trinajstić information content (AvgIpc) is 2.99. The summed E-state index contributed by atoms with van der Waals surface area (Å²) in [6.07, 6.45) is 1.87. The second-order valence-electron chi connectivity index (χ2n) is 9.98. The number of carbonyl (C=O) groups excluding carboxylic acids is 1. The second-order valence-corrected chi connectivity index (χ2v) is 9.98. The zero-order valence-electron chi connectivity index (χ0n) is 23.6. The summed E-state index contributed by atoms with van der Waals surface area (Å²) >= 11 is 0. The molecular weight excluding hydrogens is 532 g/mol. The third-order valence-corrected chi connectivity index (χ3v) is 6.98. The molecule has 5 rings (SSSR count). The smallest absolute Gasteiger partial charge is 0.204 e. The highest BCUT2D eigenvalue weighted by atomic mass is 16.5. The van der Waals surface area contributed by atoms with Crippen molar-refractivity contribution in [3.8, 4) is 45.4 Å². The van der Waals surface area contributed by atoms with Gasteiger partial charge >= 0.3 is 0 Å². The molecule has 0 bridgehead atoms. The molecule has 7 heteroatoms. The van der Waals surface area contributed by atoms with Crippen molar-refractivity contribution < 1.29 is 28.9 Å². The number of aromatic hydroxyl groups is 2. The van der Waals surface area contributed by atoms with Gasteiger partial charge < -0.3 is 24.1 Å².